The highest BCUT2D eigenvalue weighted by atomic mass is 16.3. The van der Waals surface area contributed by atoms with E-state index in [9.17, 15) is 10.2 Å². The average Bonchev–Trinajstić information content (AvgIpc) is 2.30. The summed E-state index contributed by atoms with van der Waals surface area (Å²) in [5.74, 6) is 0. The normalized spacial score (nSPS) is 41.4. The fourth-order valence-electron chi connectivity index (χ4n) is 2.62. The number of hydrogen-bond donors (Lipinski definition) is 2. The summed E-state index contributed by atoms with van der Waals surface area (Å²) in [4.78, 5) is 0. The van der Waals surface area contributed by atoms with Crippen molar-refractivity contribution in [1.29, 1.82) is 0 Å². The molecule has 0 aromatic heterocycles. The summed E-state index contributed by atoms with van der Waals surface area (Å²) < 4.78 is 0. The third kappa shape index (κ3) is 3.01. The third-order valence-corrected chi connectivity index (χ3v) is 3.75. The minimum atomic E-state index is -0.321. The molecule has 2 aliphatic carbocycles. The molecule has 2 fully saturated rings. The molecule has 0 bridgehead atoms. The van der Waals surface area contributed by atoms with Gasteiger partial charge in [0.05, 0.1) is 24.3 Å². The van der Waals surface area contributed by atoms with E-state index in [2.05, 4.69) is 10.2 Å². The van der Waals surface area contributed by atoms with Crippen LogP contribution in [0.4, 0.5) is 0 Å². The van der Waals surface area contributed by atoms with Crippen LogP contribution in [0.25, 0.3) is 0 Å². The molecule has 0 saturated heterocycles. The number of aliphatic hydroxyl groups is 2. The molecular formula is C12H22N2O2. The van der Waals surface area contributed by atoms with Gasteiger partial charge in [-0.15, -0.1) is 0 Å². The molecule has 2 rings (SSSR count). The predicted molar refractivity (Wildman–Crippen MR) is 61.4 cm³/mol. The molecule has 4 unspecified atom stereocenters. The van der Waals surface area contributed by atoms with Gasteiger partial charge in [0.15, 0.2) is 0 Å². The van der Waals surface area contributed by atoms with Crippen molar-refractivity contribution in [3.05, 3.63) is 0 Å². The Morgan fingerprint density at radius 2 is 1.00 bits per heavy atom. The summed E-state index contributed by atoms with van der Waals surface area (Å²) in [6.45, 7) is 0. The molecule has 4 heteroatoms. The second kappa shape index (κ2) is 5.73. The number of hydrogen-bond acceptors (Lipinski definition) is 4. The van der Waals surface area contributed by atoms with Gasteiger partial charge < -0.3 is 10.2 Å². The summed E-state index contributed by atoms with van der Waals surface area (Å²) in [7, 11) is 0. The first-order chi connectivity index (χ1) is 7.77. The van der Waals surface area contributed by atoms with Crippen molar-refractivity contribution in [3.8, 4) is 0 Å². The van der Waals surface area contributed by atoms with Crippen LogP contribution < -0.4 is 0 Å². The van der Waals surface area contributed by atoms with E-state index in [1.54, 1.807) is 0 Å². The minimum Gasteiger partial charge on any atom is -0.391 e. The molecule has 2 N–H and O–H groups in total. The number of aliphatic hydroxyl groups excluding tert-OH is 2. The highest BCUT2D eigenvalue weighted by Gasteiger charge is 2.25. The number of nitrogens with zero attached hydrogens (tertiary/aromatic N) is 2. The molecule has 4 atom stereocenters. The van der Waals surface area contributed by atoms with Crippen molar-refractivity contribution >= 4 is 0 Å². The summed E-state index contributed by atoms with van der Waals surface area (Å²) in [6, 6.07) is -0.0502. The number of rotatable bonds is 2. The van der Waals surface area contributed by atoms with Gasteiger partial charge in [-0.2, -0.15) is 10.2 Å². The standard InChI is InChI=1S/C12H22N2O2/c15-11-7-3-1-5-9(11)13-14-10-6-2-4-8-12(10)16/h9-12,15-16H,1-8H2. The van der Waals surface area contributed by atoms with Crippen molar-refractivity contribution < 1.29 is 10.2 Å². The maximum atomic E-state index is 9.75. The maximum absolute atomic E-state index is 9.75. The van der Waals surface area contributed by atoms with E-state index in [1.165, 1.54) is 0 Å². The first-order valence-electron chi connectivity index (χ1n) is 6.53. The molecule has 0 heterocycles. The Morgan fingerprint density at radius 1 is 0.625 bits per heavy atom. The SMILES string of the molecule is OC1CCCCC1N=NC1CCCCC1O. The number of azo groups is 1. The van der Waals surface area contributed by atoms with Crippen LogP contribution in [0.2, 0.25) is 0 Å². The van der Waals surface area contributed by atoms with Crippen LogP contribution in [-0.4, -0.2) is 34.5 Å². The topological polar surface area (TPSA) is 65.2 Å². The summed E-state index contributed by atoms with van der Waals surface area (Å²) in [5, 5.41) is 28.0. The fraction of sp³-hybridized carbons (Fsp3) is 1.00. The fourth-order valence-corrected chi connectivity index (χ4v) is 2.62. The van der Waals surface area contributed by atoms with E-state index in [4.69, 9.17) is 0 Å². The lowest BCUT2D eigenvalue weighted by molar-refractivity contribution is 0.0915. The Hall–Kier alpha value is -0.480. The average molecular weight is 226 g/mol. The van der Waals surface area contributed by atoms with Gasteiger partial charge in [-0.3, -0.25) is 0 Å². The van der Waals surface area contributed by atoms with Crippen LogP contribution in [0.5, 0.6) is 0 Å². The lowest BCUT2D eigenvalue weighted by atomic mass is 9.92. The van der Waals surface area contributed by atoms with Gasteiger partial charge in [-0.1, -0.05) is 25.7 Å². The van der Waals surface area contributed by atoms with Gasteiger partial charge in [0.2, 0.25) is 0 Å². The van der Waals surface area contributed by atoms with Gasteiger partial charge in [0, 0.05) is 0 Å². The lowest BCUT2D eigenvalue weighted by Crippen LogP contribution is -2.30. The Kier molecular flexibility index (Phi) is 4.29. The van der Waals surface area contributed by atoms with Crippen LogP contribution in [0.15, 0.2) is 10.2 Å². The Morgan fingerprint density at radius 3 is 1.38 bits per heavy atom. The first-order valence-corrected chi connectivity index (χ1v) is 6.53. The van der Waals surface area contributed by atoms with Crippen LogP contribution in [0.3, 0.4) is 0 Å². The first kappa shape index (κ1) is 12.0. The summed E-state index contributed by atoms with van der Waals surface area (Å²) >= 11 is 0. The Labute approximate surface area is 96.8 Å². The van der Waals surface area contributed by atoms with E-state index in [0.717, 1.165) is 51.4 Å². The second-order valence-electron chi connectivity index (χ2n) is 5.07. The highest BCUT2D eigenvalue weighted by Crippen LogP contribution is 2.24. The van der Waals surface area contributed by atoms with E-state index in [-0.39, 0.29) is 24.3 Å². The third-order valence-electron chi connectivity index (χ3n) is 3.75. The molecule has 0 radical (unpaired) electrons. The van der Waals surface area contributed by atoms with Gasteiger partial charge in [-0.05, 0) is 25.7 Å². The summed E-state index contributed by atoms with van der Waals surface area (Å²) in [6.07, 6.45) is 7.38. The summed E-state index contributed by atoms with van der Waals surface area (Å²) in [5.41, 5.74) is 0. The Bertz CT molecular complexity index is 221. The molecule has 2 saturated carbocycles. The van der Waals surface area contributed by atoms with Gasteiger partial charge in [0.25, 0.3) is 0 Å². The van der Waals surface area contributed by atoms with Crippen LogP contribution in [0.1, 0.15) is 51.4 Å². The largest absolute Gasteiger partial charge is 0.391 e. The predicted octanol–water partition coefficient (Wildman–Crippen LogP) is 2.05. The lowest BCUT2D eigenvalue weighted by Gasteiger charge is -2.26. The van der Waals surface area contributed by atoms with Gasteiger partial charge in [-0.25, -0.2) is 0 Å². The zero-order chi connectivity index (χ0) is 11.4. The molecule has 0 spiro atoms. The molecule has 16 heavy (non-hydrogen) atoms. The molecule has 2 aliphatic rings. The molecule has 4 nitrogen and oxygen atoms in total. The van der Waals surface area contributed by atoms with E-state index in [0.29, 0.717) is 0 Å². The highest BCUT2D eigenvalue weighted by molar-refractivity contribution is 4.82. The maximum Gasteiger partial charge on any atom is 0.0966 e. The van der Waals surface area contributed by atoms with Gasteiger partial charge in [0.1, 0.15) is 0 Å². The van der Waals surface area contributed by atoms with Crippen LogP contribution in [-0.2, 0) is 0 Å². The van der Waals surface area contributed by atoms with Crippen molar-refractivity contribution in [3.63, 3.8) is 0 Å². The van der Waals surface area contributed by atoms with Crippen molar-refractivity contribution in [2.45, 2.75) is 75.7 Å². The van der Waals surface area contributed by atoms with Gasteiger partial charge >= 0.3 is 0 Å². The van der Waals surface area contributed by atoms with Crippen molar-refractivity contribution in [2.24, 2.45) is 10.2 Å². The quantitative estimate of drug-likeness (QED) is 0.708. The van der Waals surface area contributed by atoms with E-state index < -0.39 is 0 Å². The molecule has 0 aromatic carbocycles. The Balaban J connectivity index is 1.86. The van der Waals surface area contributed by atoms with E-state index in [1.807, 2.05) is 0 Å². The molecular weight excluding hydrogens is 204 g/mol. The minimum absolute atomic E-state index is 0.0251. The molecule has 0 aromatic rings. The van der Waals surface area contributed by atoms with Crippen LogP contribution >= 0.6 is 0 Å². The monoisotopic (exact) mass is 226 g/mol. The molecule has 0 amide bonds. The van der Waals surface area contributed by atoms with Crippen molar-refractivity contribution in [2.75, 3.05) is 0 Å². The molecule has 92 valence electrons. The second-order valence-corrected chi connectivity index (χ2v) is 5.07. The van der Waals surface area contributed by atoms with Crippen molar-refractivity contribution in [1.82, 2.24) is 0 Å². The van der Waals surface area contributed by atoms with Crippen LogP contribution in [0, 0.1) is 0 Å². The molecule has 0 aliphatic heterocycles. The zero-order valence-corrected chi connectivity index (χ0v) is 9.76. The van der Waals surface area contributed by atoms with E-state index >= 15 is 0 Å². The zero-order valence-electron chi connectivity index (χ0n) is 9.76. The smallest absolute Gasteiger partial charge is 0.0966 e.